The topological polar surface area (TPSA) is 50.4 Å². The summed E-state index contributed by atoms with van der Waals surface area (Å²) in [5.41, 5.74) is 1.83. The van der Waals surface area contributed by atoms with Gasteiger partial charge < -0.3 is 5.11 Å². The molecule has 20 heavy (non-hydrogen) atoms. The smallest absolute Gasteiger partial charge is 0.169 e. The van der Waals surface area contributed by atoms with Gasteiger partial charge in [0.1, 0.15) is 0 Å². The van der Waals surface area contributed by atoms with E-state index in [0.29, 0.717) is 5.75 Å². The molecular formula is C14H12BrN3OS. The Kier molecular flexibility index (Phi) is 4.05. The lowest BCUT2D eigenvalue weighted by Crippen LogP contribution is -1.93. The zero-order chi connectivity index (χ0) is 13.9. The van der Waals surface area contributed by atoms with Crippen molar-refractivity contribution < 1.29 is 5.11 Å². The second kappa shape index (κ2) is 5.95. The number of pyridine rings is 1. The lowest BCUT2D eigenvalue weighted by molar-refractivity contribution is 0.322. The first kappa shape index (κ1) is 13.6. The molecule has 0 aliphatic carbocycles. The summed E-state index contributed by atoms with van der Waals surface area (Å²) in [6.45, 7) is 0.158. The van der Waals surface area contributed by atoms with Crippen molar-refractivity contribution >= 4 is 33.3 Å². The molecule has 1 N–H and O–H groups in total. The summed E-state index contributed by atoms with van der Waals surface area (Å²) in [5, 5.41) is 17.5. The first-order valence-electron chi connectivity index (χ1n) is 6.13. The van der Waals surface area contributed by atoms with Crippen LogP contribution in [0.25, 0.3) is 17.0 Å². The van der Waals surface area contributed by atoms with Crippen molar-refractivity contribution in [1.82, 2.24) is 14.6 Å². The molecule has 0 atom stereocenters. The average Bonchev–Trinajstić information content (AvgIpc) is 2.88. The van der Waals surface area contributed by atoms with Crippen LogP contribution in [0.4, 0.5) is 0 Å². The van der Waals surface area contributed by atoms with Crippen molar-refractivity contribution in [3.63, 3.8) is 0 Å². The highest BCUT2D eigenvalue weighted by Crippen LogP contribution is 2.30. The van der Waals surface area contributed by atoms with Crippen LogP contribution in [0.3, 0.4) is 0 Å². The number of halogens is 1. The molecule has 3 rings (SSSR count). The first-order chi connectivity index (χ1) is 9.79. The van der Waals surface area contributed by atoms with E-state index in [1.54, 1.807) is 11.8 Å². The van der Waals surface area contributed by atoms with Crippen molar-refractivity contribution in [2.24, 2.45) is 0 Å². The van der Waals surface area contributed by atoms with Crippen LogP contribution in [0, 0.1) is 0 Å². The van der Waals surface area contributed by atoms with Gasteiger partial charge in [0.15, 0.2) is 11.5 Å². The zero-order valence-electron chi connectivity index (χ0n) is 10.5. The Balaban J connectivity index is 2.13. The van der Waals surface area contributed by atoms with Crippen LogP contribution in [0.5, 0.6) is 0 Å². The predicted octanol–water partition coefficient (Wildman–Crippen LogP) is 3.24. The summed E-state index contributed by atoms with van der Waals surface area (Å²) in [7, 11) is 0. The van der Waals surface area contributed by atoms with Gasteiger partial charge in [0.25, 0.3) is 0 Å². The molecule has 0 spiro atoms. The summed E-state index contributed by atoms with van der Waals surface area (Å²) in [4.78, 5) is 1.09. The highest BCUT2D eigenvalue weighted by Gasteiger charge is 2.12. The third-order valence-electron chi connectivity index (χ3n) is 2.84. The van der Waals surface area contributed by atoms with Gasteiger partial charge in [0, 0.05) is 26.9 Å². The van der Waals surface area contributed by atoms with Gasteiger partial charge in [-0.2, -0.15) is 0 Å². The molecule has 0 saturated carbocycles. The predicted molar refractivity (Wildman–Crippen MR) is 83.9 cm³/mol. The van der Waals surface area contributed by atoms with Crippen LogP contribution >= 0.6 is 27.7 Å². The van der Waals surface area contributed by atoms with Gasteiger partial charge in [0.05, 0.1) is 6.61 Å². The summed E-state index contributed by atoms with van der Waals surface area (Å²) in [6, 6.07) is 11.9. The van der Waals surface area contributed by atoms with Crippen molar-refractivity contribution in [2.45, 2.75) is 4.90 Å². The Morgan fingerprint density at radius 1 is 1.15 bits per heavy atom. The summed E-state index contributed by atoms with van der Waals surface area (Å²) < 4.78 is 2.94. The van der Waals surface area contributed by atoms with Gasteiger partial charge in [-0.05, 0) is 34.1 Å². The number of hydrogen-bond acceptors (Lipinski definition) is 4. The quantitative estimate of drug-likeness (QED) is 0.734. The first-order valence-corrected chi connectivity index (χ1v) is 7.91. The molecule has 3 aromatic rings. The van der Waals surface area contributed by atoms with E-state index in [1.807, 2.05) is 47.0 Å². The summed E-state index contributed by atoms with van der Waals surface area (Å²) in [5.74, 6) is 1.47. The van der Waals surface area contributed by atoms with E-state index in [4.69, 9.17) is 5.11 Å². The minimum Gasteiger partial charge on any atom is -0.396 e. The minimum absolute atomic E-state index is 0.158. The minimum atomic E-state index is 0.158. The molecule has 4 nitrogen and oxygen atoms in total. The Labute approximate surface area is 129 Å². The second-order valence-electron chi connectivity index (χ2n) is 4.17. The Morgan fingerprint density at radius 3 is 2.85 bits per heavy atom. The Hall–Kier alpha value is -1.37. The van der Waals surface area contributed by atoms with Crippen LogP contribution in [0.2, 0.25) is 0 Å². The van der Waals surface area contributed by atoms with Crippen LogP contribution < -0.4 is 0 Å². The van der Waals surface area contributed by atoms with Gasteiger partial charge in [-0.3, -0.25) is 4.40 Å². The highest BCUT2D eigenvalue weighted by molar-refractivity contribution is 9.10. The Morgan fingerprint density at radius 2 is 2.00 bits per heavy atom. The van der Waals surface area contributed by atoms with Gasteiger partial charge in [0.2, 0.25) is 0 Å². The number of aliphatic hydroxyl groups excluding tert-OH is 1. The SMILES string of the molecule is OCCSc1ccccc1-c1nnc2ccc(Br)cn12. The molecule has 0 bridgehead atoms. The third kappa shape index (κ3) is 2.59. The number of fused-ring (bicyclic) bond motifs is 1. The molecule has 0 amide bonds. The lowest BCUT2D eigenvalue weighted by Gasteiger charge is -2.07. The average molecular weight is 350 g/mol. The lowest BCUT2D eigenvalue weighted by atomic mass is 10.2. The van der Waals surface area contributed by atoms with Crippen LogP contribution in [0.15, 0.2) is 52.0 Å². The van der Waals surface area contributed by atoms with E-state index in [2.05, 4.69) is 26.1 Å². The van der Waals surface area contributed by atoms with Crippen molar-refractivity contribution in [1.29, 1.82) is 0 Å². The molecule has 0 saturated heterocycles. The van der Waals surface area contributed by atoms with Crippen LogP contribution in [-0.2, 0) is 0 Å². The van der Waals surface area contributed by atoms with E-state index < -0.39 is 0 Å². The van der Waals surface area contributed by atoms with Crippen LogP contribution in [-0.4, -0.2) is 32.1 Å². The summed E-state index contributed by atoms with van der Waals surface area (Å²) >= 11 is 5.08. The fraction of sp³-hybridized carbons (Fsp3) is 0.143. The van der Waals surface area contributed by atoms with Crippen molar-refractivity contribution in [3.8, 4) is 11.4 Å². The number of rotatable bonds is 4. The molecule has 0 aliphatic heterocycles. The van der Waals surface area contributed by atoms with Crippen molar-refractivity contribution in [3.05, 3.63) is 47.1 Å². The van der Waals surface area contributed by atoms with E-state index in [-0.39, 0.29) is 6.61 Å². The molecule has 2 heterocycles. The van der Waals surface area contributed by atoms with Gasteiger partial charge >= 0.3 is 0 Å². The van der Waals surface area contributed by atoms with Crippen LogP contribution in [0.1, 0.15) is 0 Å². The normalized spacial score (nSPS) is 11.1. The number of thioether (sulfide) groups is 1. The molecule has 0 unspecified atom stereocenters. The maximum absolute atomic E-state index is 9.00. The van der Waals surface area contributed by atoms with E-state index >= 15 is 0 Å². The number of nitrogens with zero attached hydrogens (tertiary/aromatic N) is 3. The monoisotopic (exact) mass is 349 g/mol. The number of benzene rings is 1. The van der Waals surface area contributed by atoms with Gasteiger partial charge in [-0.15, -0.1) is 22.0 Å². The second-order valence-corrected chi connectivity index (χ2v) is 6.22. The zero-order valence-corrected chi connectivity index (χ0v) is 12.9. The molecule has 0 fully saturated rings. The standard InChI is InChI=1S/C14H12BrN3OS/c15-10-5-6-13-16-17-14(18(13)9-10)11-3-1-2-4-12(11)20-8-7-19/h1-6,9,19H,7-8H2. The largest absolute Gasteiger partial charge is 0.396 e. The Bertz CT molecular complexity index is 744. The maximum Gasteiger partial charge on any atom is 0.169 e. The maximum atomic E-state index is 9.00. The van der Waals surface area contributed by atoms with Gasteiger partial charge in [-0.1, -0.05) is 18.2 Å². The molecule has 102 valence electrons. The molecular weight excluding hydrogens is 338 g/mol. The molecule has 2 aromatic heterocycles. The molecule has 0 radical (unpaired) electrons. The van der Waals surface area contributed by atoms with E-state index in [1.165, 1.54) is 0 Å². The highest BCUT2D eigenvalue weighted by atomic mass is 79.9. The molecule has 1 aromatic carbocycles. The fourth-order valence-electron chi connectivity index (χ4n) is 1.98. The number of hydrogen-bond donors (Lipinski definition) is 1. The molecule has 6 heteroatoms. The van der Waals surface area contributed by atoms with E-state index in [0.717, 1.165) is 26.4 Å². The molecule has 0 aliphatic rings. The third-order valence-corrected chi connectivity index (χ3v) is 4.37. The van der Waals surface area contributed by atoms with Crippen molar-refractivity contribution in [2.75, 3.05) is 12.4 Å². The van der Waals surface area contributed by atoms with E-state index in [9.17, 15) is 0 Å². The fourth-order valence-corrected chi connectivity index (χ4v) is 3.12. The summed E-state index contributed by atoms with van der Waals surface area (Å²) in [6.07, 6.45) is 1.96. The van der Waals surface area contributed by atoms with Gasteiger partial charge in [-0.25, -0.2) is 0 Å². The number of aliphatic hydroxyl groups is 1. The number of aromatic nitrogens is 3.